The van der Waals surface area contributed by atoms with Crippen LogP contribution in [-0.4, -0.2) is 53.1 Å². The first-order valence-corrected chi connectivity index (χ1v) is 10.7. The van der Waals surface area contributed by atoms with Crippen molar-refractivity contribution in [3.05, 3.63) is 53.6 Å². The summed E-state index contributed by atoms with van der Waals surface area (Å²) in [6, 6.07) is 11.5. The van der Waals surface area contributed by atoms with Gasteiger partial charge < -0.3 is 14.4 Å². The van der Waals surface area contributed by atoms with E-state index in [1.54, 1.807) is 52.1 Å². The Kier molecular flexibility index (Phi) is 7.64. The van der Waals surface area contributed by atoms with Crippen LogP contribution < -0.4 is 14.2 Å². The SMILES string of the molecule is COc1ccc(CCN(C)C(=O)c2cccc(S(=O)(=O)NC(C)C)c2)cc1OC. The van der Waals surface area contributed by atoms with Crippen LogP contribution in [0.1, 0.15) is 29.8 Å². The summed E-state index contributed by atoms with van der Waals surface area (Å²) in [5.74, 6) is 1.04. The maximum Gasteiger partial charge on any atom is 0.253 e. The Morgan fingerprint density at radius 2 is 1.76 bits per heavy atom. The van der Waals surface area contributed by atoms with Crippen LogP contribution in [0, 0.1) is 0 Å². The zero-order valence-corrected chi connectivity index (χ0v) is 18.2. The highest BCUT2D eigenvalue weighted by molar-refractivity contribution is 7.89. The monoisotopic (exact) mass is 420 g/mol. The van der Waals surface area contributed by atoms with Crippen LogP contribution in [-0.2, 0) is 16.4 Å². The second-order valence-corrected chi connectivity index (χ2v) is 8.68. The molecule has 2 rings (SSSR count). The van der Waals surface area contributed by atoms with E-state index in [-0.39, 0.29) is 16.8 Å². The third-order valence-electron chi connectivity index (χ3n) is 4.31. The van der Waals surface area contributed by atoms with Crippen molar-refractivity contribution in [1.82, 2.24) is 9.62 Å². The van der Waals surface area contributed by atoms with Gasteiger partial charge in [0.15, 0.2) is 11.5 Å². The van der Waals surface area contributed by atoms with E-state index in [2.05, 4.69) is 4.72 Å². The molecule has 158 valence electrons. The molecule has 1 amide bonds. The standard InChI is InChI=1S/C21H28N2O5S/c1-15(2)22-29(25,26)18-8-6-7-17(14-18)21(24)23(3)12-11-16-9-10-19(27-4)20(13-16)28-5/h6-10,13-15,22H,11-12H2,1-5H3. The van der Waals surface area contributed by atoms with Gasteiger partial charge in [0.25, 0.3) is 5.91 Å². The second kappa shape index (κ2) is 9.76. The first-order chi connectivity index (χ1) is 13.7. The molecule has 2 aromatic carbocycles. The lowest BCUT2D eigenvalue weighted by Crippen LogP contribution is -2.31. The van der Waals surface area contributed by atoms with E-state index in [0.717, 1.165) is 5.56 Å². The maximum atomic E-state index is 12.8. The molecular formula is C21H28N2O5S. The quantitative estimate of drug-likeness (QED) is 0.674. The van der Waals surface area contributed by atoms with E-state index in [1.807, 2.05) is 18.2 Å². The molecule has 1 N–H and O–H groups in total. The number of hydrogen-bond acceptors (Lipinski definition) is 5. The van der Waals surface area contributed by atoms with Crippen LogP contribution in [0.3, 0.4) is 0 Å². The average molecular weight is 421 g/mol. The minimum atomic E-state index is -3.66. The number of nitrogens with zero attached hydrogens (tertiary/aromatic N) is 1. The van der Waals surface area contributed by atoms with Crippen molar-refractivity contribution in [1.29, 1.82) is 0 Å². The predicted molar refractivity (Wildman–Crippen MR) is 112 cm³/mol. The third-order valence-corrected chi connectivity index (χ3v) is 5.97. The zero-order valence-electron chi connectivity index (χ0n) is 17.4. The van der Waals surface area contributed by atoms with Gasteiger partial charge in [-0.05, 0) is 56.2 Å². The van der Waals surface area contributed by atoms with E-state index in [4.69, 9.17) is 9.47 Å². The Balaban J connectivity index is 2.10. The van der Waals surface area contributed by atoms with E-state index in [0.29, 0.717) is 30.0 Å². The number of nitrogens with one attached hydrogen (secondary N) is 1. The molecule has 0 heterocycles. The van der Waals surface area contributed by atoms with E-state index in [1.165, 1.54) is 12.1 Å². The Hall–Kier alpha value is -2.58. The summed E-state index contributed by atoms with van der Waals surface area (Å²) in [5, 5.41) is 0. The Morgan fingerprint density at radius 1 is 1.07 bits per heavy atom. The molecule has 0 bridgehead atoms. The lowest BCUT2D eigenvalue weighted by Gasteiger charge is -2.18. The van der Waals surface area contributed by atoms with Gasteiger partial charge in [-0.25, -0.2) is 13.1 Å². The van der Waals surface area contributed by atoms with Gasteiger partial charge in [-0.15, -0.1) is 0 Å². The van der Waals surface area contributed by atoms with Gasteiger partial charge in [-0.2, -0.15) is 0 Å². The number of sulfonamides is 1. The Labute approximate surface area is 172 Å². The molecule has 0 aliphatic heterocycles. The van der Waals surface area contributed by atoms with Crippen LogP contribution in [0.5, 0.6) is 11.5 Å². The van der Waals surface area contributed by atoms with Gasteiger partial charge >= 0.3 is 0 Å². The molecule has 8 heteroatoms. The minimum Gasteiger partial charge on any atom is -0.493 e. The summed E-state index contributed by atoms with van der Waals surface area (Å²) in [7, 11) is 1.19. The highest BCUT2D eigenvalue weighted by Crippen LogP contribution is 2.27. The normalized spacial score (nSPS) is 11.4. The summed E-state index contributed by atoms with van der Waals surface area (Å²) in [6.45, 7) is 3.96. The average Bonchev–Trinajstić information content (AvgIpc) is 2.70. The van der Waals surface area contributed by atoms with Crippen molar-refractivity contribution in [2.24, 2.45) is 0 Å². The van der Waals surface area contributed by atoms with Crippen LogP contribution in [0.15, 0.2) is 47.4 Å². The highest BCUT2D eigenvalue weighted by Gasteiger charge is 2.19. The summed E-state index contributed by atoms with van der Waals surface area (Å²) >= 11 is 0. The van der Waals surface area contributed by atoms with Crippen molar-refractivity contribution in [2.45, 2.75) is 31.2 Å². The van der Waals surface area contributed by atoms with E-state index >= 15 is 0 Å². The predicted octanol–water partition coefficient (Wildman–Crippen LogP) is 2.71. The fourth-order valence-corrected chi connectivity index (χ4v) is 4.13. The van der Waals surface area contributed by atoms with Gasteiger partial charge in [0.05, 0.1) is 19.1 Å². The smallest absolute Gasteiger partial charge is 0.253 e. The molecule has 7 nitrogen and oxygen atoms in total. The van der Waals surface area contributed by atoms with Crippen molar-refractivity contribution in [2.75, 3.05) is 27.8 Å². The van der Waals surface area contributed by atoms with Crippen molar-refractivity contribution >= 4 is 15.9 Å². The van der Waals surface area contributed by atoms with Crippen molar-refractivity contribution in [3.8, 4) is 11.5 Å². The minimum absolute atomic E-state index is 0.0744. The van der Waals surface area contributed by atoms with Crippen LogP contribution >= 0.6 is 0 Å². The van der Waals surface area contributed by atoms with E-state index < -0.39 is 10.0 Å². The number of carbonyl (C=O) groups excluding carboxylic acids is 1. The van der Waals surface area contributed by atoms with Crippen molar-refractivity contribution < 1.29 is 22.7 Å². The summed E-state index contributed by atoms with van der Waals surface area (Å²) in [5.41, 5.74) is 1.33. The Bertz CT molecular complexity index is 957. The number of benzene rings is 2. The lowest BCUT2D eigenvalue weighted by atomic mass is 10.1. The molecule has 0 saturated heterocycles. The first-order valence-electron chi connectivity index (χ1n) is 9.26. The van der Waals surface area contributed by atoms with Gasteiger partial charge in [-0.3, -0.25) is 4.79 Å². The van der Waals surface area contributed by atoms with Gasteiger partial charge in [0.1, 0.15) is 0 Å². The number of methoxy groups -OCH3 is 2. The van der Waals surface area contributed by atoms with Gasteiger partial charge in [0.2, 0.25) is 10.0 Å². The maximum absolute atomic E-state index is 12.8. The lowest BCUT2D eigenvalue weighted by molar-refractivity contribution is 0.0796. The Morgan fingerprint density at radius 3 is 2.38 bits per heavy atom. The zero-order chi connectivity index (χ0) is 21.6. The number of amides is 1. The number of hydrogen-bond donors (Lipinski definition) is 1. The van der Waals surface area contributed by atoms with Gasteiger partial charge in [0, 0.05) is 25.2 Å². The summed E-state index contributed by atoms with van der Waals surface area (Å²) in [6.07, 6.45) is 0.621. The van der Waals surface area contributed by atoms with Gasteiger partial charge in [-0.1, -0.05) is 12.1 Å². The topological polar surface area (TPSA) is 84.9 Å². The molecule has 0 aliphatic rings. The second-order valence-electron chi connectivity index (χ2n) is 6.97. The molecule has 0 aromatic heterocycles. The molecule has 0 aliphatic carbocycles. The van der Waals surface area contributed by atoms with Crippen LogP contribution in [0.2, 0.25) is 0 Å². The van der Waals surface area contributed by atoms with Crippen molar-refractivity contribution in [3.63, 3.8) is 0 Å². The highest BCUT2D eigenvalue weighted by atomic mass is 32.2. The number of rotatable bonds is 9. The first kappa shape index (κ1) is 22.7. The summed E-state index contributed by atoms with van der Waals surface area (Å²) < 4.78 is 37.8. The number of carbonyl (C=O) groups is 1. The summed E-state index contributed by atoms with van der Waals surface area (Å²) in [4.78, 5) is 14.4. The molecule has 29 heavy (non-hydrogen) atoms. The fourth-order valence-electron chi connectivity index (χ4n) is 2.83. The molecule has 2 aromatic rings. The molecule has 0 radical (unpaired) electrons. The fraction of sp³-hybridized carbons (Fsp3) is 0.381. The third kappa shape index (κ3) is 5.95. The number of ether oxygens (including phenoxy) is 2. The molecule has 0 spiro atoms. The molecule has 0 fully saturated rings. The van der Waals surface area contributed by atoms with Crippen LogP contribution in [0.4, 0.5) is 0 Å². The van der Waals surface area contributed by atoms with Crippen LogP contribution in [0.25, 0.3) is 0 Å². The molecule has 0 unspecified atom stereocenters. The molecular weight excluding hydrogens is 392 g/mol. The molecule has 0 atom stereocenters. The largest absolute Gasteiger partial charge is 0.493 e. The number of likely N-dealkylation sites (N-methyl/N-ethyl adjacent to an activating group) is 1. The van der Waals surface area contributed by atoms with E-state index in [9.17, 15) is 13.2 Å². The molecule has 0 saturated carbocycles.